The molecule has 1 aliphatic rings. The minimum atomic E-state index is -3.39. The highest BCUT2D eigenvalue weighted by molar-refractivity contribution is 7.86. The lowest BCUT2D eigenvalue weighted by Gasteiger charge is -2.33. The molecule has 0 aliphatic carbocycles. The zero-order chi connectivity index (χ0) is 19.6. The predicted molar refractivity (Wildman–Crippen MR) is 109 cm³/mol. The van der Waals surface area contributed by atoms with Gasteiger partial charge in [0.15, 0.2) is 0 Å². The molecular formula is C20H26ClN3O2S. The molecule has 1 aromatic heterocycles. The van der Waals surface area contributed by atoms with Crippen LogP contribution in [0.15, 0.2) is 36.4 Å². The van der Waals surface area contributed by atoms with E-state index >= 15 is 0 Å². The van der Waals surface area contributed by atoms with Crippen molar-refractivity contribution in [2.75, 3.05) is 27.2 Å². The normalized spacial score (nSPS) is 18.8. The van der Waals surface area contributed by atoms with E-state index in [4.69, 9.17) is 16.6 Å². The monoisotopic (exact) mass is 407 g/mol. The Morgan fingerprint density at radius 1 is 1.26 bits per heavy atom. The van der Waals surface area contributed by atoms with Crippen LogP contribution < -0.4 is 0 Å². The van der Waals surface area contributed by atoms with Crippen LogP contribution in [0.3, 0.4) is 0 Å². The molecule has 2 aromatic rings. The summed E-state index contributed by atoms with van der Waals surface area (Å²) in [5.74, 6) is 0.110. The van der Waals surface area contributed by atoms with Crippen LogP contribution in [0.4, 0.5) is 0 Å². The van der Waals surface area contributed by atoms with Gasteiger partial charge in [-0.2, -0.15) is 17.0 Å². The molecule has 2 heterocycles. The molecule has 3 rings (SSSR count). The molecule has 1 aromatic carbocycles. The van der Waals surface area contributed by atoms with E-state index in [0.29, 0.717) is 13.1 Å². The molecule has 1 atom stereocenters. The van der Waals surface area contributed by atoms with Crippen LogP contribution in [-0.4, -0.2) is 49.2 Å². The number of piperidine rings is 1. The number of hydrogen-bond donors (Lipinski definition) is 0. The van der Waals surface area contributed by atoms with Gasteiger partial charge in [0.25, 0.3) is 10.2 Å². The fraction of sp³-hybridized carbons (Fsp3) is 0.450. The van der Waals surface area contributed by atoms with Crippen LogP contribution in [0, 0.1) is 6.92 Å². The Bertz CT molecular complexity index is 915. The summed E-state index contributed by atoms with van der Waals surface area (Å²) in [4.78, 5) is 4.71. The zero-order valence-electron chi connectivity index (χ0n) is 16.0. The SMILES string of the molecule is Cc1cc(Cc2ccccc2Cl)cc(C2CCCN(S(=O)(=O)N(C)C)C2)n1. The number of pyridine rings is 1. The van der Waals surface area contributed by atoms with Crippen molar-refractivity contribution in [3.63, 3.8) is 0 Å². The number of halogens is 1. The van der Waals surface area contributed by atoms with Crippen molar-refractivity contribution in [3.05, 3.63) is 63.9 Å². The van der Waals surface area contributed by atoms with Crippen LogP contribution in [0.2, 0.25) is 5.02 Å². The van der Waals surface area contributed by atoms with Gasteiger partial charge in [0.1, 0.15) is 0 Å². The van der Waals surface area contributed by atoms with Gasteiger partial charge in [-0.05, 0) is 55.5 Å². The standard InChI is InChI=1S/C20H26ClN3O2S/c1-15-11-16(12-17-7-4-5-9-19(17)21)13-20(22-15)18-8-6-10-24(14-18)27(25,26)23(2)3/h4-5,7,9,11,13,18H,6,8,10,12,14H2,1-3H3. The van der Waals surface area contributed by atoms with Gasteiger partial charge in [0.2, 0.25) is 0 Å². The van der Waals surface area contributed by atoms with E-state index < -0.39 is 10.2 Å². The van der Waals surface area contributed by atoms with Gasteiger partial charge in [0, 0.05) is 49.5 Å². The first kappa shape index (κ1) is 20.3. The second kappa shape index (κ2) is 8.27. The highest BCUT2D eigenvalue weighted by Crippen LogP contribution is 2.29. The van der Waals surface area contributed by atoms with E-state index in [1.54, 1.807) is 18.4 Å². The van der Waals surface area contributed by atoms with Crippen LogP contribution in [-0.2, 0) is 16.6 Å². The number of aromatic nitrogens is 1. The first-order chi connectivity index (χ1) is 12.8. The van der Waals surface area contributed by atoms with Gasteiger partial charge in [-0.3, -0.25) is 4.98 Å². The third kappa shape index (κ3) is 4.69. The molecule has 0 radical (unpaired) electrons. The quantitative estimate of drug-likeness (QED) is 0.760. The second-order valence-corrected chi connectivity index (χ2v) is 9.85. The van der Waals surface area contributed by atoms with Gasteiger partial charge >= 0.3 is 0 Å². The molecule has 7 heteroatoms. The molecule has 0 N–H and O–H groups in total. The van der Waals surface area contributed by atoms with Crippen molar-refractivity contribution >= 4 is 21.8 Å². The topological polar surface area (TPSA) is 53.5 Å². The largest absolute Gasteiger partial charge is 0.281 e. The van der Waals surface area contributed by atoms with Crippen LogP contribution in [0.25, 0.3) is 0 Å². The minimum Gasteiger partial charge on any atom is -0.258 e. The molecule has 1 aliphatic heterocycles. The smallest absolute Gasteiger partial charge is 0.258 e. The Labute approximate surface area is 167 Å². The summed E-state index contributed by atoms with van der Waals surface area (Å²) in [5, 5.41) is 0.759. The Balaban J connectivity index is 1.84. The van der Waals surface area contributed by atoms with Gasteiger partial charge in [0.05, 0.1) is 0 Å². The lowest BCUT2D eigenvalue weighted by Crippen LogP contribution is -2.45. The third-order valence-electron chi connectivity index (χ3n) is 4.98. The molecule has 146 valence electrons. The Morgan fingerprint density at radius 2 is 2.00 bits per heavy atom. The summed E-state index contributed by atoms with van der Waals surface area (Å²) < 4.78 is 27.8. The number of aryl methyl sites for hydroxylation is 1. The van der Waals surface area contributed by atoms with Gasteiger partial charge in [-0.15, -0.1) is 0 Å². The van der Waals surface area contributed by atoms with Crippen molar-refractivity contribution < 1.29 is 8.42 Å². The maximum Gasteiger partial charge on any atom is 0.281 e. The molecule has 0 amide bonds. The maximum atomic E-state index is 12.5. The lowest BCUT2D eigenvalue weighted by molar-refractivity contribution is 0.296. The minimum absolute atomic E-state index is 0.110. The Hall–Kier alpha value is -1.47. The van der Waals surface area contributed by atoms with Crippen molar-refractivity contribution in [3.8, 4) is 0 Å². The average molecular weight is 408 g/mol. The Kier molecular flexibility index (Phi) is 6.21. The number of benzene rings is 1. The highest BCUT2D eigenvalue weighted by atomic mass is 35.5. The van der Waals surface area contributed by atoms with E-state index in [9.17, 15) is 8.42 Å². The fourth-order valence-corrected chi connectivity index (χ4v) is 4.96. The first-order valence-corrected chi connectivity index (χ1v) is 10.9. The number of nitrogens with zero attached hydrogens (tertiary/aromatic N) is 3. The third-order valence-corrected chi connectivity index (χ3v) is 7.25. The molecule has 1 unspecified atom stereocenters. The van der Waals surface area contributed by atoms with Crippen LogP contribution >= 0.6 is 11.6 Å². The summed E-state index contributed by atoms with van der Waals surface area (Å²) in [6, 6.07) is 12.0. The lowest BCUT2D eigenvalue weighted by atomic mass is 9.93. The predicted octanol–water partition coefficient (Wildman–Crippen LogP) is 3.62. The van der Waals surface area contributed by atoms with Crippen molar-refractivity contribution in [1.82, 2.24) is 13.6 Å². The fourth-order valence-electron chi connectivity index (χ4n) is 3.57. The van der Waals surface area contributed by atoms with Gasteiger partial charge in [-0.1, -0.05) is 29.8 Å². The van der Waals surface area contributed by atoms with Gasteiger partial charge in [-0.25, -0.2) is 0 Å². The number of rotatable bonds is 5. The molecule has 0 spiro atoms. The summed E-state index contributed by atoms with van der Waals surface area (Å²) in [6.45, 7) is 3.02. The molecular weight excluding hydrogens is 382 g/mol. The average Bonchev–Trinajstić information content (AvgIpc) is 2.63. The van der Waals surface area contributed by atoms with E-state index in [-0.39, 0.29) is 5.92 Å². The summed E-state index contributed by atoms with van der Waals surface area (Å²) in [5.41, 5.74) is 4.15. The summed E-state index contributed by atoms with van der Waals surface area (Å²) in [7, 11) is -0.244. The molecule has 27 heavy (non-hydrogen) atoms. The molecule has 1 saturated heterocycles. The second-order valence-electron chi connectivity index (χ2n) is 7.30. The summed E-state index contributed by atoms with van der Waals surface area (Å²) >= 11 is 6.31. The van der Waals surface area contributed by atoms with E-state index in [1.165, 1.54) is 4.31 Å². The first-order valence-electron chi connectivity index (χ1n) is 9.16. The zero-order valence-corrected chi connectivity index (χ0v) is 17.6. The Morgan fingerprint density at radius 3 is 2.70 bits per heavy atom. The molecule has 5 nitrogen and oxygen atoms in total. The molecule has 0 saturated carbocycles. The highest BCUT2D eigenvalue weighted by Gasteiger charge is 2.31. The number of hydrogen-bond acceptors (Lipinski definition) is 3. The van der Waals surface area contributed by atoms with Crippen molar-refractivity contribution in [1.29, 1.82) is 0 Å². The van der Waals surface area contributed by atoms with Crippen molar-refractivity contribution in [2.24, 2.45) is 0 Å². The van der Waals surface area contributed by atoms with Crippen molar-refractivity contribution in [2.45, 2.75) is 32.1 Å². The van der Waals surface area contributed by atoms with Gasteiger partial charge < -0.3 is 0 Å². The summed E-state index contributed by atoms with van der Waals surface area (Å²) in [6.07, 6.45) is 2.52. The van der Waals surface area contributed by atoms with E-state index in [2.05, 4.69) is 12.1 Å². The van der Waals surface area contributed by atoms with Crippen LogP contribution in [0.5, 0.6) is 0 Å². The van der Waals surface area contributed by atoms with E-state index in [0.717, 1.165) is 46.8 Å². The van der Waals surface area contributed by atoms with E-state index in [1.807, 2.05) is 31.2 Å². The molecule has 0 bridgehead atoms. The molecule has 1 fully saturated rings. The maximum absolute atomic E-state index is 12.5. The van der Waals surface area contributed by atoms with Crippen LogP contribution in [0.1, 0.15) is 41.3 Å².